The number of esters is 2. The molecule has 0 aromatic heterocycles. The minimum Gasteiger partial charge on any atom is -0.493 e. The number of hydrogen-bond donors (Lipinski definition) is 0. The molecule has 1 amide bonds. The number of ether oxygens (including phenoxy) is 3. The first-order valence-corrected chi connectivity index (χ1v) is 8.03. The molecule has 1 aromatic carbocycles. The summed E-state index contributed by atoms with van der Waals surface area (Å²) in [6.45, 7) is 5.12. The minimum absolute atomic E-state index is 0.331. The van der Waals surface area contributed by atoms with Crippen LogP contribution in [0.15, 0.2) is 18.2 Å². The quantitative estimate of drug-likeness (QED) is 0.751. The van der Waals surface area contributed by atoms with Gasteiger partial charge in [-0.1, -0.05) is 0 Å². The van der Waals surface area contributed by atoms with E-state index in [1.54, 1.807) is 39.0 Å². The molecule has 136 valence electrons. The van der Waals surface area contributed by atoms with Gasteiger partial charge in [0.15, 0.2) is 0 Å². The van der Waals surface area contributed by atoms with Gasteiger partial charge in [-0.05, 0) is 44.5 Å². The van der Waals surface area contributed by atoms with Gasteiger partial charge in [0.25, 0.3) is 5.91 Å². The number of hydrogen-bond acceptors (Lipinski definition) is 6. The van der Waals surface area contributed by atoms with E-state index in [0.717, 1.165) is 22.6 Å². The molecular weight excluding hydrogens is 326 g/mol. The number of amides is 1. The van der Waals surface area contributed by atoms with E-state index in [1.807, 2.05) is 0 Å². The average Bonchev–Trinajstić information content (AvgIpc) is 2.99. The summed E-state index contributed by atoms with van der Waals surface area (Å²) < 4.78 is 15.3. The van der Waals surface area contributed by atoms with E-state index in [9.17, 15) is 14.4 Å². The Balaban J connectivity index is 2.17. The molecule has 0 N–H and O–H groups in total. The number of carbonyl (C=O) groups excluding carboxylic acids is 3. The van der Waals surface area contributed by atoms with Gasteiger partial charge in [0.1, 0.15) is 24.4 Å². The molecule has 7 nitrogen and oxygen atoms in total. The van der Waals surface area contributed by atoms with Gasteiger partial charge in [0.2, 0.25) is 0 Å². The van der Waals surface area contributed by atoms with E-state index >= 15 is 0 Å². The van der Waals surface area contributed by atoms with Crippen molar-refractivity contribution in [2.45, 2.75) is 32.8 Å². The Hall–Kier alpha value is -2.57. The zero-order chi connectivity index (χ0) is 18.6. The maximum absolute atomic E-state index is 12.8. The number of rotatable bonds is 5. The van der Waals surface area contributed by atoms with Gasteiger partial charge in [0, 0.05) is 12.0 Å². The minimum atomic E-state index is -0.679. The van der Waals surface area contributed by atoms with Crippen molar-refractivity contribution in [3.8, 4) is 5.75 Å². The fraction of sp³-hybridized carbons (Fsp3) is 0.500. The zero-order valence-corrected chi connectivity index (χ0v) is 15.0. The Morgan fingerprint density at radius 2 is 1.84 bits per heavy atom. The molecule has 0 bridgehead atoms. The summed E-state index contributed by atoms with van der Waals surface area (Å²) in [5.74, 6) is -0.884. The number of methoxy groups -OCH3 is 1. The number of fused-ring (bicyclic) bond motifs is 1. The first-order chi connectivity index (χ1) is 11.7. The van der Waals surface area contributed by atoms with Crippen LogP contribution in [0.25, 0.3) is 0 Å². The van der Waals surface area contributed by atoms with Crippen LogP contribution in [0.1, 0.15) is 36.7 Å². The lowest BCUT2D eigenvalue weighted by Crippen LogP contribution is -2.41. The highest BCUT2D eigenvalue weighted by atomic mass is 16.6. The largest absolute Gasteiger partial charge is 0.493 e. The van der Waals surface area contributed by atoms with Crippen molar-refractivity contribution in [3.63, 3.8) is 0 Å². The summed E-state index contributed by atoms with van der Waals surface area (Å²) >= 11 is 0. The van der Waals surface area contributed by atoms with E-state index < -0.39 is 23.4 Å². The molecule has 7 heteroatoms. The normalized spacial score (nSPS) is 12.8. The lowest BCUT2D eigenvalue weighted by atomic mass is 10.1. The second kappa shape index (κ2) is 7.55. The van der Waals surface area contributed by atoms with E-state index in [0.29, 0.717) is 12.2 Å². The van der Waals surface area contributed by atoms with Gasteiger partial charge in [-0.3, -0.25) is 14.4 Å². The summed E-state index contributed by atoms with van der Waals surface area (Å²) in [5.41, 5.74) is 0.639. The second-order valence-electron chi connectivity index (χ2n) is 6.74. The van der Waals surface area contributed by atoms with Gasteiger partial charge < -0.3 is 19.1 Å². The third kappa shape index (κ3) is 5.20. The summed E-state index contributed by atoms with van der Waals surface area (Å²) in [7, 11) is 1.23. The second-order valence-corrected chi connectivity index (χ2v) is 6.74. The third-order valence-electron chi connectivity index (χ3n) is 3.51. The van der Waals surface area contributed by atoms with E-state index in [4.69, 9.17) is 9.47 Å². The van der Waals surface area contributed by atoms with E-state index in [2.05, 4.69) is 4.74 Å². The highest BCUT2D eigenvalue weighted by Gasteiger charge is 2.26. The van der Waals surface area contributed by atoms with Gasteiger partial charge in [-0.15, -0.1) is 0 Å². The Morgan fingerprint density at radius 3 is 2.48 bits per heavy atom. The highest BCUT2D eigenvalue weighted by Crippen LogP contribution is 2.26. The van der Waals surface area contributed by atoms with Gasteiger partial charge in [0.05, 0.1) is 13.7 Å². The van der Waals surface area contributed by atoms with Crippen LogP contribution in [0.4, 0.5) is 0 Å². The number of benzene rings is 1. The molecule has 25 heavy (non-hydrogen) atoms. The Morgan fingerprint density at radius 1 is 1.16 bits per heavy atom. The molecule has 0 aliphatic carbocycles. The maximum Gasteiger partial charge on any atom is 0.326 e. The summed E-state index contributed by atoms with van der Waals surface area (Å²) in [6, 6.07) is 5.06. The molecule has 0 saturated heterocycles. The van der Waals surface area contributed by atoms with Crippen molar-refractivity contribution in [2.24, 2.45) is 0 Å². The van der Waals surface area contributed by atoms with Gasteiger partial charge in [-0.2, -0.15) is 0 Å². The van der Waals surface area contributed by atoms with Crippen molar-refractivity contribution < 1.29 is 28.6 Å². The molecule has 0 fully saturated rings. The smallest absolute Gasteiger partial charge is 0.326 e. The fourth-order valence-corrected chi connectivity index (χ4v) is 2.45. The number of nitrogens with zero attached hydrogens (tertiary/aromatic N) is 1. The van der Waals surface area contributed by atoms with Crippen LogP contribution in [-0.4, -0.2) is 55.2 Å². The lowest BCUT2D eigenvalue weighted by Gasteiger charge is -2.24. The van der Waals surface area contributed by atoms with Crippen LogP contribution in [0.3, 0.4) is 0 Å². The Bertz CT molecular complexity index is 677. The molecule has 1 heterocycles. The molecule has 1 aromatic rings. The molecular formula is C18H23NO6. The van der Waals surface area contributed by atoms with Crippen molar-refractivity contribution in [1.82, 2.24) is 4.90 Å². The van der Waals surface area contributed by atoms with Crippen molar-refractivity contribution in [1.29, 1.82) is 0 Å². The predicted molar refractivity (Wildman–Crippen MR) is 89.4 cm³/mol. The standard InChI is InChI=1S/C18H23NO6/c1-18(2,3)25-16(21)11-19(10-15(20)23-4)17(22)13-5-6-14-12(9-13)7-8-24-14/h5-6,9H,7-8,10-11H2,1-4H3. The SMILES string of the molecule is COC(=O)CN(CC(=O)OC(C)(C)C)C(=O)c1ccc2c(c1)CCO2. The van der Waals surface area contributed by atoms with Gasteiger partial charge >= 0.3 is 11.9 Å². The predicted octanol–water partition coefficient (Wildman–Crippen LogP) is 1.58. The lowest BCUT2D eigenvalue weighted by molar-refractivity contribution is -0.156. The van der Waals surface area contributed by atoms with Gasteiger partial charge in [-0.25, -0.2) is 0 Å². The van der Waals surface area contributed by atoms with E-state index in [1.165, 1.54) is 7.11 Å². The molecule has 1 aliphatic heterocycles. The first-order valence-electron chi connectivity index (χ1n) is 8.03. The van der Waals surface area contributed by atoms with Crippen LogP contribution in [0, 0.1) is 0 Å². The molecule has 0 radical (unpaired) electrons. The van der Waals surface area contributed by atoms with Crippen molar-refractivity contribution in [3.05, 3.63) is 29.3 Å². The van der Waals surface area contributed by atoms with Crippen LogP contribution < -0.4 is 4.74 Å². The Kier molecular flexibility index (Phi) is 5.66. The Labute approximate surface area is 146 Å². The summed E-state index contributed by atoms with van der Waals surface area (Å²) in [4.78, 5) is 37.6. The van der Waals surface area contributed by atoms with E-state index in [-0.39, 0.29) is 13.1 Å². The monoisotopic (exact) mass is 349 g/mol. The highest BCUT2D eigenvalue weighted by molar-refractivity contribution is 5.98. The molecule has 1 aliphatic rings. The fourth-order valence-electron chi connectivity index (χ4n) is 2.45. The molecule has 0 unspecified atom stereocenters. The summed E-state index contributed by atoms with van der Waals surface area (Å²) in [5, 5.41) is 0. The molecule has 0 spiro atoms. The average molecular weight is 349 g/mol. The van der Waals surface area contributed by atoms with Crippen LogP contribution in [0.5, 0.6) is 5.75 Å². The zero-order valence-electron chi connectivity index (χ0n) is 15.0. The number of carbonyl (C=O) groups is 3. The topological polar surface area (TPSA) is 82.1 Å². The van der Waals surface area contributed by atoms with Crippen LogP contribution in [-0.2, 0) is 25.5 Å². The summed E-state index contributed by atoms with van der Waals surface area (Å²) in [6.07, 6.45) is 0.722. The van der Waals surface area contributed by atoms with Crippen molar-refractivity contribution in [2.75, 3.05) is 26.8 Å². The first kappa shape index (κ1) is 18.8. The maximum atomic E-state index is 12.8. The molecule has 0 saturated carbocycles. The molecule has 0 atom stereocenters. The van der Waals surface area contributed by atoms with Crippen molar-refractivity contribution >= 4 is 17.8 Å². The molecule has 2 rings (SSSR count). The third-order valence-corrected chi connectivity index (χ3v) is 3.51. The van der Waals surface area contributed by atoms with Crippen LogP contribution in [0.2, 0.25) is 0 Å². The van der Waals surface area contributed by atoms with Crippen LogP contribution >= 0.6 is 0 Å².